The lowest BCUT2D eigenvalue weighted by atomic mass is 10.0. The standard InChI is InChI=1S/C11H15F/c1-4-11(12)10-7-5-6-9(10)8(2)3/h4H,1,5-7H2,2-3H3/b11-10+. The van der Waals surface area contributed by atoms with Crippen molar-refractivity contribution in [2.75, 3.05) is 0 Å². The molecule has 0 spiro atoms. The molecule has 1 heteroatoms. The maximum absolute atomic E-state index is 13.2. The van der Waals surface area contributed by atoms with E-state index in [0.717, 1.165) is 24.8 Å². The van der Waals surface area contributed by atoms with Crippen LogP contribution in [0.1, 0.15) is 33.1 Å². The van der Waals surface area contributed by atoms with Gasteiger partial charge in [-0.2, -0.15) is 0 Å². The van der Waals surface area contributed by atoms with Gasteiger partial charge in [0, 0.05) is 0 Å². The molecule has 66 valence electrons. The van der Waals surface area contributed by atoms with E-state index in [1.54, 1.807) is 0 Å². The van der Waals surface area contributed by atoms with Crippen LogP contribution in [0.4, 0.5) is 4.39 Å². The summed E-state index contributed by atoms with van der Waals surface area (Å²) in [5, 5.41) is 0. The Morgan fingerprint density at radius 1 is 1.33 bits per heavy atom. The second-order valence-corrected chi connectivity index (χ2v) is 3.36. The maximum atomic E-state index is 13.2. The number of rotatable bonds is 1. The van der Waals surface area contributed by atoms with Gasteiger partial charge in [-0.25, -0.2) is 4.39 Å². The Morgan fingerprint density at radius 2 is 1.92 bits per heavy atom. The quantitative estimate of drug-likeness (QED) is 0.554. The van der Waals surface area contributed by atoms with Gasteiger partial charge >= 0.3 is 0 Å². The zero-order valence-corrected chi connectivity index (χ0v) is 7.78. The number of hydrogen-bond donors (Lipinski definition) is 0. The summed E-state index contributed by atoms with van der Waals surface area (Å²) >= 11 is 0. The maximum Gasteiger partial charge on any atom is 0.126 e. The smallest absolute Gasteiger partial charge is 0.126 e. The molecule has 0 atom stereocenters. The highest BCUT2D eigenvalue weighted by Crippen LogP contribution is 2.35. The molecule has 0 aromatic carbocycles. The van der Waals surface area contributed by atoms with Crippen LogP contribution in [0.2, 0.25) is 0 Å². The first kappa shape index (κ1) is 9.24. The molecule has 0 saturated heterocycles. The van der Waals surface area contributed by atoms with E-state index in [1.165, 1.54) is 17.2 Å². The fourth-order valence-corrected chi connectivity index (χ4v) is 1.68. The molecule has 0 amide bonds. The summed E-state index contributed by atoms with van der Waals surface area (Å²) in [7, 11) is 0. The van der Waals surface area contributed by atoms with Crippen molar-refractivity contribution < 1.29 is 4.39 Å². The number of allylic oxidation sites excluding steroid dienone is 5. The van der Waals surface area contributed by atoms with Crippen LogP contribution in [0.15, 0.2) is 35.2 Å². The van der Waals surface area contributed by atoms with Crippen LogP contribution in [0.25, 0.3) is 0 Å². The van der Waals surface area contributed by atoms with E-state index in [2.05, 4.69) is 6.58 Å². The molecule has 1 aliphatic rings. The molecule has 0 aromatic heterocycles. The van der Waals surface area contributed by atoms with Gasteiger partial charge in [-0.1, -0.05) is 12.2 Å². The molecule has 1 fully saturated rings. The number of halogens is 1. The van der Waals surface area contributed by atoms with E-state index in [0.29, 0.717) is 0 Å². The Bertz CT molecular complexity index is 252. The van der Waals surface area contributed by atoms with Gasteiger partial charge in [-0.15, -0.1) is 0 Å². The number of hydrogen-bond acceptors (Lipinski definition) is 0. The Labute approximate surface area is 73.5 Å². The van der Waals surface area contributed by atoms with E-state index in [4.69, 9.17) is 0 Å². The SMILES string of the molecule is C=C/C(F)=C1/CCCC1=C(C)C. The third-order valence-corrected chi connectivity index (χ3v) is 2.29. The van der Waals surface area contributed by atoms with E-state index in [-0.39, 0.29) is 5.83 Å². The first-order valence-electron chi connectivity index (χ1n) is 4.34. The highest BCUT2D eigenvalue weighted by molar-refractivity contribution is 5.41. The second-order valence-electron chi connectivity index (χ2n) is 3.36. The fraction of sp³-hybridized carbons (Fsp3) is 0.455. The minimum absolute atomic E-state index is 0.135. The van der Waals surface area contributed by atoms with Gasteiger partial charge in [0.25, 0.3) is 0 Å². The Morgan fingerprint density at radius 3 is 2.42 bits per heavy atom. The van der Waals surface area contributed by atoms with E-state index < -0.39 is 0 Å². The van der Waals surface area contributed by atoms with Crippen LogP contribution in [-0.4, -0.2) is 0 Å². The van der Waals surface area contributed by atoms with Crippen molar-refractivity contribution in [2.24, 2.45) is 0 Å². The van der Waals surface area contributed by atoms with Gasteiger partial charge in [-0.05, 0) is 50.3 Å². The predicted octanol–water partition coefficient (Wildman–Crippen LogP) is 3.92. The topological polar surface area (TPSA) is 0 Å². The van der Waals surface area contributed by atoms with Crippen molar-refractivity contribution in [3.05, 3.63) is 35.2 Å². The molecule has 1 saturated carbocycles. The average molecular weight is 166 g/mol. The molecule has 0 heterocycles. The van der Waals surface area contributed by atoms with Crippen molar-refractivity contribution >= 4 is 0 Å². The second kappa shape index (κ2) is 3.70. The molecule has 1 rings (SSSR count). The molecule has 1 aliphatic carbocycles. The van der Waals surface area contributed by atoms with Gasteiger partial charge in [0.05, 0.1) is 0 Å². The van der Waals surface area contributed by atoms with Gasteiger partial charge in [0.2, 0.25) is 0 Å². The molecular formula is C11H15F. The van der Waals surface area contributed by atoms with Crippen molar-refractivity contribution in [2.45, 2.75) is 33.1 Å². The molecule has 0 unspecified atom stereocenters. The van der Waals surface area contributed by atoms with Gasteiger partial charge in [-0.3, -0.25) is 0 Å². The third kappa shape index (κ3) is 1.66. The summed E-state index contributed by atoms with van der Waals surface area (Å²) in [6.07, 6.45) is 4.29. The van der Waals surface area contributed by atoms with Gasteiger partial charge < -0.3 is 0 Å². The molecule has 0 aliphatic heterocycles. The Kier molecular flexibility index (Phi) is 2.85. The van der Waals surface area contributed by atoms with Crippen LogP contribution < -0.4 is 0 Å². The molecule has 0 nitrogen and oxygen atoms in total. The minimum Gasteiger partial charge on any atom is -0.207 e. The summed E-state index contributed by atoms with van der Waals surface area (Å²) in [5.41, 5.74) is 3.32. The lowest BCUT2D eigenvalue weighted by Gasteiger charge is -2.03. The third-order valence-electron chi connectivity index (χ3n) is 2.29. The van der Waals surface area contributed by atoms with Crippen LogP contribution in [0.3, 0.4) is 0 Å². The summed E-state index contributed by atoms with van der Waals surface area (Å²) < 4.78 is 13.2. The van der Waals surface area contributed by atoms with Crippen LogP contribution in [-0.2, 0) is 0 Å². The van der Waals surface area contributed by atoms with Crippen LogP contribution in [0, 0.1) is 0 Å². The monoisotopic (exact) mass is 166 g/mol. The van der Waals surface area contributed by atoms with E-state index in [1.807, 2.05) is 13.8 Å². The van der Waals surface area contributed by atoms with E-state index >= 15 is 0 Å². The fourth-order valence-electron chi connectivity index (χ4n) is 1.68. The summed E-state index contributed by atoms with van der Waals surface area (Å²) in [6.45, 7) is 7.52. The first-order chi connectivity index (χ1) is 5.66. The average Bonchev–Trinajstić information content (AvgIpc) is 2.50. The molecule has 0 aromatic rings. The Balaban J connectivity index is 3.08. The molecule has 0 radical (unpaired) electrons. The summed E-state index contributed by atoms with van der Waals surface area (Å²) in [4.78, 5) is 0. The zero-order valence-electron chi connectivity index (χ0n) is 7.78. The first-order valence-corrected chi connectivity index (χ1v) is 4.34. The molecule has 12 heavy (non-hydrogen) atoms. The van der Waals surface area contributed by atoms with E-state index in [9.17, 15) is 4.39 Å². The van der Waals surface area contributed by atoms with Crippen molar-refractivity contribution in [3.8, 4) is 0 Å². The molecule has 0 bridgehead atoms. The van der Waals surface area contributed by atoms with Crippen molar-refractivity contribution in [1.29, 1.82) is 0 Å². The Hall–Kier alpha value is -0.850. The molecular weight excluding hydrogens is 151 g/mol. The summed E-state index contributed by atoms with van der Waals surface area (Å²) in [6, 6.07) is 0. The van der Waals surface area contributed by atoms with Crippen LogP contribution >= 0.6 is 0 Å². The highest BCUT2D eigenvalue weighted by atomic mass is 19.1. The van der Waals surface area contributed by atoms with Gasteiger partial charge in [0.1, 0.15) is 5.83 Å². The largest absolute Gasteiger partial charge is 0.207 e. The van der Waals surface area contributed by atoms with Crippen molar-refractivity contribution in [3.63, 3.8) is 0 Å². The van der Waals surface area contributed by atoms with Gasteiger partial charge in [0.15, 0.2) is 0 Å². The lowest BCUT2D eigenvalue weighted by Crippen LogP contribution is -1.85. The van der Waals surface area contributed by atoms with Crippen LogP contribution in [0.5, 0.6) is 0 Å². The predicted molar refractivity (Wildman–Crippen MR) is 50.6 cm³/mol. The highest BCUT2D eigenvalue weighted by Gasteiger charge is 2.17. The summed E-state index contributed by atoms with van der Waals surface area (Å²) in [5.74, 6) is -0.135. The molecule has 0 N–H and O–H groups in total. The normalized spacial score (nSPS) is 21.1. The lowest BCUT2D eigenvalue weighted by molar-refractivity contribution is 0.653. The van der Waals surface area contributed by atoms with Crippen molar-refractivity contribution in [1.82, 2.24) is 0 Å². The zero-order chi connectivity index (χ0) is 9.14. The minimum atomic E-state index is -0.135.